The summed E-state index contributed by atoms with van der Waals surface area (Å²) in [5, 5.41) is 4.18. The molecule has 1 atom stereocenters. The number of hydrogen-bond acceptors (Lipinski definition) is 6. The lowest BCUT2D eigenvalue weighted by atomic mass is 9.97. The fourth-order valence-corrected chi connectivity index (χ4v) is 5.34. The van der Waals surface area contributed by atoms with E-state index in [0.29, 0.717) is 6.61 Å². The Morgan fingerprint density at radius 1 is 1.28 bits per heavy atom. The van der Waals surface area contributed by atoms with Gasteiger partial charge in [-0.1, -0.05) is 11.3 Å². The van der Waals surface area contributed by atoms with Gasteiger partial charge in [0.15, 0.2) is 5.13 Å². The van der Waals surface area contributed by atoms with Gasteiger partial charge in [-0.15, -0.1) is 0 Å². The first-order valence-corrected chi connectivity index (χ1v) is 11.8. The molecule has 2 aliphatic heterocycles. The molecule has 3 heterocycles. The van der Waals surface area contributed by atoms with E-state index < -0.39 is 0 Å². The lowest BCUT2D eigenvalue weighted by molar-refractivity contribution is -0.125. The van der Waals surface area contributed by atoms with Gasteiger partial charge in [0.1, 0.15) is 5.75 Å². The molecule has 4 rings (SSSR count). The van der Waals surface area contributed by atoms with Crippen molar-refractivity contribution in [2.75, 3.05) is 50.8 Å². The van der Waals surface area contributed by atoms with Crippen molar-refractivity contribution < 1.29 is 9.53 Å². The zero-order chi connectivity index (χ0) is 20.1. The topological polar surface area (TPSA) is 57.7 Å². The third-order valence-electron chi connectivity index (χ3n) is 5.87. The van der Waals surface area contributed by atoms with E-state index in [4.69, 9.17) is 9.72 Å². The van der Waals surface area contributed by atoms with Crippen molar-refractivity contribution in [1.29, 1.82) is 0 Å². The third-order valence-corrected chi connectivity index (χ3v) is 6.95. The van der Waals surface area contributed by atoms with Crippen LogP contribution in [0, 0.1) is 5.92 Å². The molecule has 1 unspecified atom stereocenters. The van der Waals surface area contributed by atoms with Crippen LogP contribution in [0.15, 0.2) is 18.2 Å². The number of aromatic nitrogens is 1. The molecule has 2 fully saturated rings. The number of likely N-dealkylation sites (tertiary alicyclic amines) is 1. The fraction of sp³-hybridized carbons (Fsp3) is 0.636. The number of hydrogen-bond donors (Lipinski definition) is 1. The molecule has 0 radical (unpaired) electrons. The molecule has 0 aliphatic carbocycles. The fourth-order valence-electron chi connectivity index (χ4n) is 4.31. The van der Waals surface area contributed by atoms with Crippen LogP contribution in [0.5, 0.6) is 5.75 Å². The van der Waals surface area contributed by atoms with Gasteiger partial charge in [-0.05, 0) is 76.9 Å². The Balaban J connectivity index is 1.30. The highest BCUT2D eigenvalue weighted by Gasteiger charge is 2.27. The maximum atomic E-state index is 12.7. The lowest BCUT2D eigenvalue weighted by Gasteiger charge is -2.31. The number of rotatable bonds is 8. The molecule has 2 aliphatic rings. The number of benzene rings is 1. The van der Waals surface area contributed by atoms with E-state index in [1.54, 1.807) is 11.3 Å². The van der Waals surface area contributed by atoms with Crippen molar-refractivity contribution in [2.24, 2.45) is 5.92 Å². The molecule has 6 nitrogen and oxygen atoms in total. The first-order valence-electron chi connectivity index (χ1n) is 11.0. The summed E-state index contributed by atoms with van der Waals surface area (Å²) in [6, 6.07) is 6.06. The molecule has 0 bridgehead atoms. The Morgan fingerprint density at radius 3 is 2.97 bits per heavy atom. The van der Waals surface area contributed by atoms with Crippen LogP contribution in [-0.2, 0) is 4.79 Å². The largest absolute Gasteiger partial charge is 0.494 e. The number of fused-ring (bicyclic) bond motifs is 1. The Kier molecular flexibility index (Phi) is 6.87. The summed E-state index contributed by atoms with van der Waals surface area (Å²) >= 11 is 1.69. The van der Waals surface area contributed by atoms with Crippen molar-refractivity contribution in [3.63, 3.8) is 0 Å². The predicted molar refractivity (Wildman–Crippen MR) is 119 cm³/mol. The Morgan fingerprint density at radius 2 is 2.14 bits per heavy atom. The van der Waals surface area contributed by atoms with E-state index in [0.717, 1.165) is 66.5 Å². The number of nitrogens with zero attached hydrogens (tertiary/aromatic N) is 3. The molecule has 0 spiro atoms. The van der Waals surface area contributed by atoms with Crippen LogP contribution in [0.2, 0.25) is 0 Å². The van der Waals surface area contributed by atoms with E-state index in [9.17, 15) is 4.79 Å². The Labute approximate surface area is 177 Å². The Bertz CT molecular complexity index is 818. The highest BCUT2D eigenvalue weighted by Crippen LogP contribution is 2.33. The number of ether oxygens (including phenoxy) is 1. The second-order valence-corrected chi connectivity index (χ2v) is 9.05. The molecular formula is C22H32N4O2S. The van der Waals surface area contributed by atoms with Gasteiger partial charge < -0.3 is 19.9 Å². The van der Waals surface area contributed by atoms with Gasteiger partial charge in [0.05, 0.1) is 22.7 Å². The van der Waals surface area contributed by atoms with Gasteiger partial charge >= 0.3 is 0 Å². The van der Waals surface area contributed by atoms with Crippen molar-refractivity contribution in [3.05, 3.63) is 18.2 Å². The Hall–Kier alpha value is -1.86. The standard InChI is InChI=1S/C22H32N4O2S/c1-2-28-18-8-9-19-20(15-18)29-22(24-19)26-14-5-7-17(16-26)21(27)23-10-6-13-25-11-3-4-12-25/h8-9,15,17H,2-7,10-14,16H2,1H3,(H,23,27). The number of amides is 1. The number of anilines is 1. The van der Waals surface area contributed by atoms with Crippen LogP contribution >= 0.6 is 11.3 Å². The quantitative estimate of drug-likeness (QED) is 0.668. The molecule has 29 heavy (non-hydrogen) atoms. The molecule has 1 N–H and O–H groups in total. The second kappa shape index (κ2) is 9.76. The summed E-state index contributed by atoms with van der Waals surface area (Å²) in [4.78, 5) is 22.3. The van der Waals surface area contributed by atoms with Crippen LogP contribution in [0.1, 0.15) is 39.0 Å². The molecule has 7 heteroatoms. The number of thiazole rings is 1. The maximum absolute atomic E-state index is 12.7. The second-order valence-electron chi connectivity index (χ2n) is 8.04. The first kappa shape index (κ1) is 20.4. The van der Waals surface area contributed by atoms with Gasteiger partial charge in [0.25, 0.3) is 0 Å². The molecule has 158 valence electrons. The van der Waals surface area contributed by atoms with Crippen LogP contribution in [0.4, 0.5) is 5.13 Å². The predicted octanol–water partition coefficient (Wildman–Crippen LogP) is 3.51. The van der Waals surface area contributed by atoms with Crippen LogP contribution in [-0.4, -0.2) is 61.7 Å². The minimum atomic E-state index is 0.0570. The zero-order valence-electron chi connectivity index (χ0n) is 17.4. The molecule has 1 aromatic heterocycles. The lowest BCUT2D eigenvalue weighted by Crippen LogP contribution is -2.43. The SMILES string of the molecule is CCOc1ccc2nc(N3CCCC(C(=O)NCCCN4CCCC4)C3)sc2c1. The van der Waals surface area contributed by atoms with Crippen LogP contribution in [0.25, 0.3) is 10.2 Å². The first-order chi connectivity index (χ1) is 14.2. The average Bonchev–Trinajstić information content (AvgIpc) is 3.41. The van der Waals surface area contributed by atoms with Crippen molar-refractivity contribution in [1.82, 2.24) is 15.2 Å². The summed E-state index contributed by atoms with van der Waals surface area (Å²) in [7, 11) is 0. The molecular weight excluding hydrogens is 384 g/mol. The smallest absolute Gasteiger partial charge is 0.224 e. The number of nitrogens with one attached hydrogen (secondary N) is 1. The van der Waals surface area contributed by atoms with Gasteiger partial charge in [0, 0.05) is 19.6 Å². The van der Waals surface area contributed by atoms with Gasteiger partial charge in [-0.25, -0.2) is 4.98 Å². The minimum Gasteiger partial charge on any atom is -0.494 e. The third kappa shape index (κ3) is 5.20. The van der Waals surface area contributed by atoms with Gasteiger partial charge in [-0.3, -0.25) is 4.79 Å². The maximum Gasteiger partial charge on any atom is 0.224 e. The average molecular weight is 417 g/mol. The van der Waals surface area contributed by atoms with Crippen LogP contribution < -0.4 is 15.0 Å². The summed E-state index contributed by atoms with van der Waals surface area (Å²) < 4.78 is 6.74. The van der Waals surface area contributed by atoms with Crippen molar-refractivity contribution in [2.45, 2.75) is 39.0 Å². The molecule has 0 saturated carbocycles. The number of carbonyl (C=O) groups is 1. The van der Waals surface area contributed by atoms with Crippen LogP contribution in [0.3, 0.4) is 0 Å². The highest BCUT2D eigenvalue weighted by atomic mass is 32.1. The van der Waals surface area contributed by atoms with E-state index in [-0.39, 0.29) is 11.8 Å². The number of piperidine rings is 1. The monoisotopic (exact) mass is 416 g/mol. The molecule has 2 aromatic rings. The van der Waals surface area contributed by atoms with Crippen molar-refractivity contribution in [3.8, 4) is 5.75 Å². The van der Waals surface area contributed by atoms with E-state index >= 15 is 0 Å². The van der Waals surface area contributed by atoms with E-state index in [1.165, 1.54) is 25.9 Å². The summed E-state index contributed by atoms with van der Waals surface area (Å²) in [6.07, 6.45) is 5.69. The van der Waals surface area contributed by atoms with Gasteiger partial charge in [0.2, 0.25) is 5.91 Å². The summed E-state index contributed by atoms with van der Waals surface area (Å²) in [6.45, 7) is 8.72. The van der Waals surface area contributed by atoms with Crippen molar-refractivity contribution >= 4 is 32.6 Å². The summed E-state index contributed by atoms with van der Waals surface area (Å²) in [5.41, 5.74) is 1.00. The molecule has 1 amide bonds. The zero-order valence-corrected chi connectivity index (χ0v) is 18.2. The number of carbonyl (C=O) groups excluding carboxylic acids is 1. The normalized spacial score (nSPS) is 20.3. The molecule has 2 saturated heterocycles. The van der Waals surface area contributed by atoms with Gasteiger partial charge in [-0.2, -0.15) is 0 Å². The van der Waals surface area contributed by atoms with E-state index in [2.05, 4.69) is 21.2 Å². The minimum absolute atomic E-state index is 0.0570. The summed E-state index contributed by atoms with van der Waals surface area (Å²) in [5.74, 6) is 1.15. The highest BCUT2D eigenvalue weighted by molar-refractivity contribution is 7.22. The molecule has 1 aromatic carbocycles. The van der Waals surface area contributed by atoms with E-state index in [1.807, 2.05) is 19.1 Å².